The van der Waals surface area contributed by atoms with Gasteiger partial charge in [0, 0.05) is 4.47 Å². The molecule has 12 heavy (non-hydrogen) atoms. The van der Waals surface area contributed by atoms with Crippen LogP contribution in [0.25, 0.3) is 0 Å². The molecule has 0 amide bonds. The van der Waals surface area contributed by atoms with Crippen LogP contribution in [0.1, 0.15) is 5.56 Å². The first kappa shape index (κ1) is 9.01. The van der Waals surface area contributed by atoms with Crippen LogP contribution < -0.4 is 4.74 Å². The highest BCUT2D eigenvalue weighted by Gasteiger charge is 2.02. The zero-order valence-corrected chi connectivity index (χ0v) is 7.64. The van der Waals surface area contributed by atoms with Crippen LogP contribution in [-0.4, -0.2) is 6.86 Å². The van der Waals surface area contributed by atoms with Gasteiger partial charge in [-0.25, -0.2) is 4.39 Å². The van der Waals surface area contributed by atoms with E-state index in [0.29, 0.717) is 5.56 Å². The van der Waals surface area contributed by atoms with Gasteiger partial charge in [0.25, 0.3) is 0 Å². The smallest absolute Gasteiger partial charge is 0.228 e. The maximum absolute atomic E-state index is 11.8. The lowest BCUT2D eigenvalue weighted by Gasteiger charge is -2.02. The average molecular weight is 230 g/mol. The van der Waals surface area contributed by atoms with Crippen LogP contribution in [0.2, 0.25) is 0 Å². The molecule has 0 aliphatic rings. The fourth-order valence-electron chi connectivity index (χ4n) is 0.767. The summed E-state index contributed by atoms with van der Waals surface area (Å²) in [5.74, 6) is 0.259. The molecule has 62 valence electrons. The van der Waals surface area contributed by atoms with Gasteiger partial charge in [0.15, 0.2) is 0 Å². The molecule has 0 radical (unpaired) electrons. The Labute approximate surface area is 77.7 Å². The molecule has 0 bridgehead atoms. The monoisotopic (exact) mass is 229 g/mol. The number of nitriles is 1. The SMILES string of the molecule is N#Cc1ccc(Br)cc1OCF. The third-order valence-electron chi connectivity index (χ3n) is 1.27. The van der Waals surface area contributed by atoms with Gasteiger partial charge < -0.3 is 4.74 Å². The summed E-state index contributed by atoms with van der Waals surface area (Å²) in [6.07, 6.45) is 0. The number of halogens is 2. The number of rotatable bonds is 2. The molecule has 0 saturated heterocycles. The van der Waals surface area contributed by atoms with Crippen molar-refractivity contribution >= 4 is 15.9 Å². The number of alkyl halides is 1. The molecule has 0 aromatic heterocycles. The van der Waals surface area contributed by atoms with Crippen LogP contribution >= 0.6 is 15.9 Å². The Morgan fingerprint density at radius 2 is 2.33 bits per heavy atom. The van der Waals surface area contributed by atoms with Crippen LogP contribution in [0.5, 0.6) is 5.75 Å². The molecular formula is C8H5BrFNO. The van der Waals surface area contributed by atoms with Crippen molar-refractivity contribution in [3.8, 4) is 11.8 Å². The predicted molar refractivity (Wildman–Crippen MR) is 45.5 cm³/mol. The molecule has 0 spiro atoms. The van der Waals surface area contributed by atoms with Crippen molar-refractivity contribution in [2.45, 2.75) is 0 Å². The van der Waals surface area contributed by atoms with Crippen LogP contribution in [0.3, 0.4) is 0 Å². The lowest BCUT2D eigenvalue weighted by molar-refractivity contribution is 0.191. The minimum absolute atomic E-state index is 0.259. The fourth-order valence-corrected chi connectivity index (χ4v) is 1.11. The van der Waals surface area contributed by atoms with Crippen molar-refractivity contribution in [3.05, 3.63) is 28.2 Å². The summed E-state index contributed by atoms with van der Waals surface area (Å²) >= 11 is 3.18. The van der Waals surface area contributed by atoms with Gasteiger partial charge >= 0.3 is 0 Å². The number of hydrogen-bond donors (Lipinski definition) is 0. The van der Waals surface area contributed by atoms with Crippen molar-refractivity contribution in [3.63, 3.8) is 0 Å². The van der Waals surface area contributed by atoms with Crippen LogP contribution in [0.4, 0.5) is 4.39 Å². The maximum Gasteiger partial charge on any atom is 0.228 e. The molecule has 1 aromatic rings. The number of nitrogens with zero attached hydrogens (tertiary/aromatic N) is 1. The molecule has 2 nitrogen and oxygen atoms in total. The zero-order valence-electron chi connectivity index (χ0n) is 6.05. The first-order valence-corrected chi connectivity index (χ1v) is 3.95. The predicted octanol–water partition coefficient (Wildman–Crippen LogP) is 2.63. The highest BCUT2D eigenvalue weighted by Crippen LogP contribution is 2.22. The van der Waals surface area contributed by atoms with Gasteiger partial charge in [-0.3, -0.25) is 0 Å². The third kappa shape index (κ3) is 1.95. The van der Waals surface area contributed by atoms with E-state index < -0.39 is 6.86 Å². The first-order chi connectivity index (χ1) is 5.77. The second-order valence-corrected chi connectivity index (χ2v) is 2.92. The van der Waals surface area contributed by atoms with Crippen LogP contribution in [0.15, 0.2) is 22.7 Å². The van der Waals surface area contributed by atoms with E-state index in [1.54, 1.807) is 18.2 Å². The molecule has 0 unspecified atom stereocenters. The lowest BCUT2D eigenvalue weighted by Crippen LogP contribution is -1.92. The minimum Gasteiger partial charge on any atom is -0.462 e. The molecule has 0 aliphatic carbocycles. The zero-order chi connectivity index (χ0) is 8.97. The normalized spacial score (nSPS) is 9.08. The van der Waals surface area contributed by atoms with Gasteiger partial charge in [0.2, 0.25) is 6.86 Å². The first-order valence-electron chi connectivity index (χ1n) is 3.16. The van der Waals surface area contributed by atoms with Crippen molar-refractivity contribution in [2.24, 2.45) is 0 Å². The standard InChI is InChI=1S/C8H5BrFNO/c9-7-2-1-6(4-11)8(3-7)12-5-10/h1-3H,5H2. The number of ether oxygens (including phenoxy) is 1. The second-order valence-electron chi connectivity index (χ2n) is 2.01. The van der Waals surface area contributed by atoms with Gasteiger partial charge in [0.05, 0.1) is 5.56 Å². The minimum atomic E-state index is -0.925. The summed E-state index contributed by atoms with van der Waals surface area (Å²) in [7, 11) is 0. The topological polar surface area (TPSA) is 33.0 Å². The Bertz CT molecular complexity index is 321. The summed E-state index contributed by atoms with van der Waals surface area (Å²) in [6.45, 7) is -0.925. The summed E-state index contributed by atoms with van der Waals surface area (Å²) < 4.78 is 17.1. The molecule has 0 N–H and O–H groups in total. The van der Waals surface area contributed by atoms with Gasteiger partial charge in [-0.1, -0.05) is 15.9 Å². The quantitative estimate of drug-likeness (QED) is 0.782. The maximum atomic E-state index is 11.8. The van der Waals surface area contributed by atoms with E-state index >= 15 is 0 Å². The molecule has 0 atom stereocenters. The third-order valence-corrected chi connectivity index (χ3v) is 1.77. The number of benzene rings is 1. The number of hydrogen-bond acceptors (Lipinski definition) is 2. The summed E-state index contributed by atoms with van der Waals surface area (Å²) in [5.41, 5.74) is 0.329. The Morgan fingerprint density at radius 1 is 1.58 bits per heavy atom. The molecule has 0 fully saturated rings. The Kier molecular flexibility index (Phi) is 3.06. The van der Waals surface area contributed by atoms with E-state index in [9.17, 15) is 4.39 Å². The highest BCUT2D eigenvalue weighted by molar-refractivity contribution is 9.10. The molecule has 0 heterocycles. The Hall–Kier alpha value is -1.08. The van der Waals surface area contributed by atoms with Crippen molar-refractivity contribution in [2.75, 3.05) is 6.86 Å². The van der Waals surface area contributed by atoms with Gasteiger partial charge in [-0.2, -0.15) is 5.26 Å². The summed E-state index contributed by atoms with van der Waals surface area (Å²) in [5, 5.41) is 8.57. The van der Waals surface area contributed by atoms with Crippen LogP contribution in [0, 0.1) is 11.3 Å². The molecule has 0 saturated carbocycles. The highest BCUT2D eigenvalue weighted by atomic mass is 79.9. The lowest BCUT2D eigenvalue weighted by atomic mass is 10.2. The second kappa shape index (κ2) is 4.07. The van der Waals surface area contributed by atoms with Crippen LogP contribution in [-0.2, 0) is 0 Å². The molecule has 0 aliphatic heterocycles. The Balaban J connectivity index is 3.06. The molecule has 1 rings (SSSR count). The van der Waals surface area contributed by atoms with E-state index in [1.165, 1.54) is 0 Å². The van der Waals surface area contributed by atoms with E-state index in [4.69, 9.17) is 5.26 Å². The van der Waals surface area contributed by atoms with E-state index in [1.807, 2.05) is 6.07 Å². The van der Waals surface area contributed by atoms with Gasteiger partial charge in [-0.05, 0) is 18.2 Å². The fraction of sp³-hybridized carbons (Fsp3) is 0.125. The van der Waals surface area contributed by atoms with Gasteiger partial charge in [0.1, 0.15) is 11.8 Å². The van der Waals surface area contributed by atoms with E-state index in [2.05, 4.69) is 20.7 Å². The average Bonchev–Trinajstić information content (AvgIpc) is 2.05. The van der Waals surface area contributed by atoms with Gasteiger partial charge in [-0.15, -0.1) is 0 Å². The summed E-state index contributed by atoms with van der Waals surface area (Å²) in [6, 6.07) is 6.71. The Morgan fingerprint density at radius 3 is 2.92 bits per heavy atom. The van der Waals surface area contributed by atoms with Crippen molar-refractivity contribution in [1.82, 2.24) is 0 Å². The molecular weight excluding hydrogens is 225 g/mol. The van der Waals surface area contributed by atoms with Crippen molar-refractivity contribution in [1.29, 1.82) is 5.26 Å². The largest absolute Gasteiger partial charge is 0.462 e. The molecule has 4 heteroatoms. The summed E-state index contributed by atoms with van der Waals surface area (Å²) in [4.78, 5) is 0. The molecule has 1 aromatic carbocycles. The van der Waals surface area contributed by atoms with E-state index in [0.717, 1.165) is 4.47 Å². The van der Waals surface area contributed by atoms with E-state index in [-0.39, 0.29) is 5.75 Å². The van der Waals surface area contributed by atoms with Crippen molar-refractivity contribution < 1.29 is 9.13 Å².